The zero-order valence-electron chi connectivity index (χ0n) is 15.3. The Morgan fingerprint density at radius 2 is 2.08 bits per heavy atom. The van der Waals surface area contributed by atoms with Gasteiger partial charge in [0.2, 0.25) is 0 Å². The van der Waals surface area contributed by atoms with Crippen molar-refractivity contribution in [1.82, 2.24) is 10.2 Å². The molecular formula is C20H30N2O3. The van der Waals surface area contributed by atoms with Gasteiger partial charge in [-0.2, -0.15) is 0 Å². The Bertz CT molecular complexity index is 584. The smallest absolute Gasteiger partial charge is 0.254 e. The molecule has 2 atom stereocenters. The lowest BCUT2D eigenvalue weighted by Gasteiger charge is -2.23. The van der Waals surface area contributed by atoms with Crippen LogP contribution < -0.4 is 5.32 Å². The summed E-state index contributed by atoms with van der Waals surface area (Å²) in [6.45, 7) is 6.87. The summed E-state index contributed by atoms with van der Waals surface area (Å²) in [5.41, 5.74) is 1.94. The third kappa shape index (κ3) is 4.81. The van der Waals surface area contributed by atoms with E-state index >= 15 is 0 Å². The van der Waals surface area contributed by atoms with E-state index in [-0.39, 0.29) is 18.1 Å². The second-order valence-electron chi connectivity index (χ2n) is 7.60. The van der Waals surface area contributed by atoms with Crippen LogP contribution in [0.2, 0.25) is 0 Å². The zero-order chi connectivity index (χ0) is 17.8. The number of benzene rings is 1. The Kier molecular flexibility index (Phi) is 6.10. The predicted octanol–water partition coefficient (Wildman–Crippen LogP) is 1.84. The number of ether oxygens (including phenoxy) is 1. The van der Waals surface area contributed by atoms with Gasteiger partial charge in [-0.05, 0) is 69.8 Å². The highest BCUT2D eigenvalue weighted by Gasteiger charge is 2.35. The summed E-state index contributed by atoms with van der Waals surface area (Å²) < 4.78 is 5.71. The lowest BCUT2D eigenvalue weighted by Crippen LogP contribution is -2.31. The molecule has 1 amide bonds. The third-order valence-corrected chi connectivity index (χ3v) is 5.13. The topological polar surface area (TPSA) is 61.8 Å². The molecule has 5 heteroatoms. The summed E-state index contributed by atoms with van der Waals surface area (Å²) in [7, 11) is 0. The molecule has 25 heavy (non-hydrogen) atoms. The summed E-state index contributed by atoms with van der Waals surface area (Å²) in [5, 5.41) is 13.5. The summed E-state index contributed by atoms with van der Waals surface area (Å²) >= 11 is 0. The van der Waals surface area contributed by atoms with Crippen LogP contribution >= 0.6 is 0 Å². The Labute approximate surface area is 150 Å². The number of hydrogen-bond acceptors (Lipinski definition) is 4. The third-order valence-electron chi connectivity index (χ3n) is 5.13. The number of aliphatic hydroxyl groups excluding tert-OH is 1. The average Bonchev–Trinajstić information content (AvgIpc) is 2.95. The van der Waals surface area contributed by atoms with Crippen molar-refractivity contribution in [2.24, 2.45) is 5.92 Å². The number of piperidine rings is 1. The van der Waals surface area contributed by atoms with Gasteiger partial charge in [-0.3, -0.25) is 4.79 Å². The molecule has 0 aliphatic carbocycles. The van der Waals surface area contributed by atoms with Crippen molar-refractivity contribution in [2.45, 2.75) is 51.4 Å². The number of rotatable bonds is 5. The number of β-amino-alcohol motifs (C(OH)–C–C–N with tert-alkyl or cyclic N) is 1. The maximum Gasteiger partial charge on any atom is 0.254 e. The monoisotopic (exact) mass is 346 g/mol. The van der Waals surface area contributed by atoms with E-state index in [1.807, 2.05) is 32.0 Å². The number of carbonyl (C=O) groups is 1. The van der Waals surface area contributed by atoms with Crippen molar-refractivity contribution in [3.8, 4) is 0 Å². The fourth-order valence-corrected chi connectivity index (χ4v) is 3.84. The maximum absolute atomic E-state index is 12.8. The first kappa shape index (κ1) is 18.4. The molecule has 1 aromatic rings. The number of nitrogens with one attached hydrogen (secondary N) is 1. The Hall–Kier alpha value is -1.43. The Morgan fingerprint density at radius 1 is 1.32 bits per heavy atom. The van der Waals surface area contributed by atoms with Crippen LogP contribution in [0.25, 0.3) is 0 Å². The van der Waals surface area contributed by atoms with Crippen molar-refractivity contribution >= 4 is 5.91 Å². The zero-order valence-corrected chi connectivity index (χ0v) is 15.3. The van der Waals surface area contributed by atoms with Crippen LogP contribution in [0.1, 0.15) is 42.6 Å². The molecule has 0 aromatic heterocycles. The van der Waals surface area contributed by atoms with Crippen LogP contribution in [0.5, 0.6) is 0 Å². The average molecular weight is 346 g/mol. The fraction of sp³-hybridized carbons (Fsp3) is 0.650. The first-order valence-electron chi connectivity index (χ1n) is 9.45. The van der Waals surface area contributed by atoms with E-state index in [0.717, 1.165) is 19.5 Å². The summed E-state index contributed by atoms with van der Waals surface area (Å²) in [4.78, 5) is 14.5. The van der Waals surface area contributed by atoms with E-state index in [1.165, 1.54) is 18.4 Å². The minimum absolute atomic E-state index is 0.0129. The molecule has 0 unspecified atom stereocenters. The van der Waals surface area contributed by atoms with Crippen LogP contribution in [0.3, 0.4) is 0 Å². The second kappa shape index (κ2) is 8.30. The van der Waals surface area contributed by atoms with Gasteiger partial charge in [-0.25, -0.2) is 0 Å². The molecule has 5 nitrogen and oxygen atoms in total. The van der Waals surface area contributed by atoms with Crippen molar-refractivity contribution in [3.63, 3.8) is 0 Å². The SMILES string of the molecule is CC(C)O[C@@H]1CN(C(=O)c2cccc(CC3CCNCC3)c2)C[C@H]1O. The minimum Gasteiger partial charge on any atom is -0.388 e. The summed E-state index contributed by atoms with van der Waals surface area (Å²) in [6.07, 6.45) is 2.58. The second-order valence-corrected chi connectivity index (χ2v) is 7.60. The van der Waals surface area contributed by atoms with E-state index in [0.29, 0.717) is 24.6 Å². The van der Waals surface area contributed by atoms with Gasteiger partial charge in [0, 0.05) is 18.7 Å². The molecule has 138 valence electrons. The van der Waals surface area contributed by atoms with Gasteiger partial charge in [-0.1, -0.05) is 12.1 Å². The van der Waals surface area contributed by atoms with E-state index in [9.17, 15) is 9.90 Å². The number of nitrogens with zero attached hydrogens (tertiary/aromatic N) is 1. The van der Waals surface area contributed by atoms with Crippen LogP contribution in [0.15, 0.2) is 24.3 Å². The van der Waals surface area contributed by atoms with Crippen LogP contribution in [0, 0.1) is 5.92 Å². The highest BCUT2D eigenvalue weighted by atomic mass is 16.5. The first-order chi connectivity index (χ1) is 12.0. The molecule has 1 aromatic carbocycles. The molecule has 0 spiro atoms. The van der Waals surface area contributed by atoms with Gasteiger partial charge >= 0.3 is 0 Å². The number of likely N-dealkylation sites (tertiary alicyclic amines) is 1. The van der Waals surface area contributed by atoms with Gasteiger partial charge in [0.15, 0.2) is 0 Å². The molecule has 3 rings (SSSR count). The highest BCUT2D eigenvalue weighted by molar-refractivity contribution is 5.94. The van der Waals surface area contributed by atoms with Crippen molar-refractivity contribution in [1.29, 1.82) is 0 Å². The van der Waals surface area contributed by atoms with Crippen LogP contribution in [-0.4, -0.2) is 60.4 Å². The van der Waals surface area contributed by atoms with E-state index < -0.39 is 6.10 Å². The van der Waals surface area contributed by atoms with Gasteiger partial charge in [0.1, 0.15) is 6.10 Å². The standard InChI is InChI=1S/C20H30N2O3/c1-14(2)25-19-13-22(12-18(19)23)20(24)17-5-3-4-16(11-17)10-15-6-8-21-9-7-15/h3-5,11,14-15,18-19,21,23H,6-10,12-13H2,1-2H3/t18-,19-/m1/s1. The highest BCUT2D eigenvalue weighted by Crippen LogP contribution is 2.21. The van der Waals surface area contributed by atoms with Crippen molar-refractivity contribution in [3.05, 3.63) is 35.4 Å². The molecule has 2 heterocycles. The molecular weight excluding hydrogens is 316 g/mol. The first-order valence-corrected chi connectivity index (χ1v) is 9.45. The summed E-state index contributed by atoms with van der Waals surface area (Å²) in [5.74, 6) is 0.685. The van der Waals surface area contributed by atoms with E-state index in [2.05, 4.69) is 11.4 Å². The molecule has 2 fully saturated rings. The van der Waals surface area contributed by atoms with Gasteiger partial charge < -0.3 is 20.1 Å². The van der Waals surface area contributed by atoms with E-state index in [1.54, 1.807) is 4.90 Å². The normalized spacial score (nSPS) is 24.9. The molecule has 2 aliphatic rings. The maximum atomic E-state index is 12.8. The minimum atomic E-state index is -0.607. The molecule has 0 bridgehead atoms. The van der Waals surface area contributed by atoms with Gasteiger partial charge in [0.05, 0.1) is 12.2 Å². The van der Waals surface area contributed by atoms with E-state index in [4.69, 9.17) is 4.74 Å². The Balaban J connectivity index is 1.63. The van der Waals surface area contributed by atoms with Crippen molar-refractivity contribution in [2.75, 3.05) is 26.2 Å². The predicted molar refractivity (Wildman–Crippen MR) is 97.7 cm³/mol. The number of amides is 1. The largest absolute Gasteiger partial charge is 0.388 e. The molecule has 2 aliphatic heterocycles. The molecule has 0 saturated carbocycles. The van der Waals surface area contributed by atoms with Crippen LogP contribution in [0.4, 0.5) is 0 Å². The van der Waals surface area contributed by atoms with Gasteiger partial charge in [-0.15, -0.1) is 0 Å². The molecule has 2 N–H and O–H groups in total. The summed E-state index contributed by atoms with van der Waals surface area (Å²) in [6, 6.07) is 7.98. The lowest BCUT2D eigenvalue weighted by molar-refractivity contribution is -0.0394. The fourth-order valence-electron chi connectivity index (χ4n) is 3.84. The van der Waals surface area contributed by atoms with Crippen molar-refractivity contribution < 1.29 is 14.6 Å². The molecule has 0 radical (unpaired) electrons. The number of carbonyl (C=O) groups excluding carboxylic acids is 1. The number of aliphatic hydroxyl groups is 1. The van der Waals surface area contributed by atoms with Gasteiger partial charge in [0.25, 0.3) is 5.91 Å². The lowest BCUT2D eigenvalue weighted by atomic mass is 9.90. The number of hydrogen-bond donors (Lipinski definition) is 2. The molecule has 2 saturated heterocycles. The quantitative estimate of drug-likeness (QED) is 0.854. The van der Waals surface area contributed by atoms with Crippen LogP contribution in [-0.2, 0) is 11.2 Å². The Morgan fingerprint density at radius 3 is 2.80 bits per heavy atom.